The molecule has 0 saturated heterocycles. The maximum atomic E-state index is 5.36. The molecule has 0 fully saturated rings. The molecule has 5 heteroatoms. The summed E-state index contributed by atoms with van der Waals surface area (Å²) in [6.07, 6.45) is 7.81. The molecule has 0 aliphatic heterocycles. The van der Waals surface area contributed by atoms with Gasteiger partial charge in [0.15, 0.2) is 0 Å². The van der Waals surface area contributed by atoms with E-state index < -0.39 is 0 Å². The van der Waals surface area contributed by atoms with Crippen LogP contribution in [-0.2, 0) is 6.42 Å². The number of aryl methyl sites for hydroxylation is 2. The van der Waals surface area contributed by atoms with Crippen molar-refractivity contribution in [3.8, 4) is 18.0 Å². The number of aromatic nitrogens is 3. The van der Waals surface area contributed by atoms with E-state index in [-0.39, 0.29) is 0 Å². The Bertz CT molecular complexity index is 713. The van der Waals surface area contributed by atoms with Gasteiger partial charge in [0.25, 0.3) is 0 Å². The first-order valence-corrected chi connectivity index (χ1v) is 6.80. The molecule has 0 amide bonds. The largest absolute Gasteiger partial charge is 0.343 e. The Labute approximate surface area is 123 Å². The van der Waals surface area contributed by atoms with Crippen LogP contribution in [0.25, 0.3) is 5.69 Å². The smallest absolute Gasteiger partial charge is 0.227 e. The summed E-state index contributed by atoms with van der Waals surface area (Å²) in [5, 5.41) is 2.92. The number of hydrogen-bond acceptors (Lipinski definition) is 4. The van der Waals surface area contributed by atoms with Gasteiger partial charge in [-0.25, -0.2) is 4.98 Å². The molecule has 20 heavy (non-hydrogen) atoms. The van der Waals surface area contributed by atoms with Crippen LogP contribution in [0.15, 0.2) is 24.5 Å². The van der Waals surface area contributed by atoms with Crippen molar-refractivity contribution in [3.63, 3.8) is 0 Å². The second-order valence-corrected chi connectivity index (χ2v) is 4.69. The van der Waals surface area contributed by atoms with Crippen LogP contribution in [0.5, 0.6) is 0 Å². The van der Waals surface area contributed by atoms with Crippen molar-refractivity contribution in [2.75, 3.05) is 11.9 Å². The lowest BCUT2D eigenvalue weighted by Crippen LogP contribution is -2.10. The van der Waals surface area contributed by atoms with Gasteiger partial charge in [-0.2, -0.15) is 4.98 Å². The number of benzene rings is 1. The predicted molar refractivity (Wildman–Crippen MR) is 83.6 cm³/mol. The Morgan fingerprint density at radius 2 is 2.25 bits per heavy atom. The van der Waals surface area contributed by atoms with Crippen molar-refractivity contribution in [2.45, 2.75) is 20.3 Å². The molecule has 2 rings (SSSR count). The van der Waals surface area contributed by atoms with Gasteiger partial charge < -0.3 is 5.32 Å². The van der Waals surface area contributed by atoms with Crippen LogP contribution in [0.3, 0.4) is 0 Å². The van der Waals surface area contributed by atoms with Crippen LogP contribution < -0.4 is 5.32 Å². The predicted octanol–water partition coefficient (Wildman–Crippen LogP) is 2.91. The maximum Gasteiger partial charge on any atom is 0.227 e. The fraction of sp³-hybridized carbons (Fsp3) is 0.267. The molecule has 4 nitrogen and oxygen atoms in total. The van der Waals surface area contributed by atoms with E-state index >= 15 is 0 Å². The zero-order valence-corrected chi connectivity index (χ0v) is 12.4. The Morgan fingerprint density at radius 1 is 1.45 bits per heavy atom. The lowest BCUT2D eigenvalue weighted by atomic mass is 10.1. The molecule has 0 saturated carbocycles. The Morgan fingerprint density at radius 3 is 2.90 bits per heavy atom. The van der Waals surface area contributed by atoms with E-state index in [0.717, 1.165) is 17.7 Å². The standard InChI is InChI=1S/C15H16N4S/c1-4-9-16-14-17-10-19(15(20)18-14)13-11(3)7-6-8-12(13)5-2/h1,6-8,10H,5,9H2,2-3H3,(H,16,18,20). The molecule has 0 unspecified atom stereocenters. The van der Waals surface area contributed by atoms with Crippen molar-refractivity contribution in [1.82, 2.24) is 14.5 Å². The van der Waals surface area contributed by atoms with E-state index in [2.05, 4.69) is 47.2 Å². The van der Waals surface area contributed by atoms with Crippen LogP contribution in [-0.4, -0.2) is 21.1 Å². The van der Waals surface area contributed by atoms with Gasteiger partial charge in [0.2, 0.25) is 10.7 Å². The fourth-order valence-electron chi connectivity index (χ4n) is 2.05. The number of nitrogens with one attached hydrogen (secondary N) is 1. The van der Waals surface area contributed by atoms with Crippen LogP contribution in [0.4, 0.5) is 5.95 Å². The minimum Gasteiger partial charge on any atom is -0.343 e. The van der Waals surface area contributed by atoms with Crippen molar-refractivity contribution < 1.29 is 0 Å². The molecule has 0 atom stereocenters. The molecule has 0 bridgehead atoms. The summed E-state index contributed by atoms with van der Waals surface area (Å²) in [6, 6.07) is 6.19. The third-order valence-electron chi connectivity index (χ3n) is 2.99. The highest BCUT2D eigenvalue weighted by molar-refractivity contribution is 7.71. The van der Waals surface area contributed by atoms with Crippen LogP contribution in [0.2, 0.25) is 0 Å². The Balaban J connectivity index is 2.50. The van der Waals surface area contributed by atoms with E-state index in [4.69, 9.17) is 18.6 Å². The van der Waals surface area contributed by atoms with Gasteiger partial charge >= 0.3 is 0 Å². The summed E-state index contributed by atoms with van der Waals surface area (Å²) in [5.41, 5.74) is 3.42. The van der Waals surface area contributed by atoms with E-state index in [9.17, 15) is 0 Å². The highest BCUT2D eigenvalue weighted by Crippen LogP contribution is 2.20. The zero-order chi connectivity index (χ0) is 14.5. The van der Waals surface area contributed by atoms with Crippen molar-refractivity contribution in [2.24, 2.45) is 0 Å². The molecule has 0 spiro atoms. The Hall–Kier alpha value is -2.19. The third kappa shape index (κ3) is 2.86. The summed E-state index contributed by atoms with van der Waals surface area (Å²) in [5.74, 6) is 2.93. The molecule has 1 aromatic carbocycles. The van der Waals surface area contributed by atoms with Crippen molar-refractivity contribution >= 4 is 18.2 Å². The highest BCUT2D eigenvalue weighted by Gasteiger charge is 2.08. The molecule has 102 valence electrons. The first kappa shape index (κ1) is 14.2. The van der Waals surface area contributed by atoms with Gasteiger partial charge in [-0.3, -0.25) is 4.57 Å². The summed E-state index contributed by atoms with van der Waals surface area (Å²) in [6.45, 7) is 4.55. The number of terminal acetylenes is 1. The summed E-state index contributed by atoms with van der Waals surface area (Å²) >= 11 is 5.36. The monoisotopic (exact) mass is 284 g/mol. The molecule has 1 aromatic heterocycles. The Kier molecular flexibility index (Phi) is 4.49. The van der Waals surface area contributed by atoms with E-state index in [0.29, 0.717) is 17.3 Å². The van der Waals surface area contributed by atoms with E-state index in [1.165, 1.54) is 5.56 Å². The average molecular weight is 284 g/mol. The zero-order valence-electron chi connectivity index (χ0n) is 11.6. The van der Waals surface area contributed by atoms with Crippen LogP contribution in [0, 0.1) is 24.0 Å². The average Bonchev–Trinajstić information content (AvgIpc) is 2.45. The first-order chi connectivity index (χ1) is 9.67. The second kappa shape index (κ2) is 6.31. The van der Waals surface area contributed by atoms with Crippen LogP contribution in [0.1, 0.15) is 18.1 Å². The summed E-state index contributed by atoms with van der Waals surface area (Å²) in [7, 11) is 0. The van der Waals surface area contributed by atoms with Gasteiger partial charge in [-0.15, -0.1) is 6.42 Å². The molecular formula is C15H16N4S. The quantitative estimate of drug-likeness (QED) is 0.692. The lowest BCUT2D eigenvalue weighted by molar-refractivity contribution is 0.872. The van der Waals surface area contributed by atoms with Crippen molar-refractivity contribution in [1.29, 1.82) is 0 Å². The minimum absolute atomic E-state index is 0.378. The summed E-state index contributed by atoms with van der Waals surface area (Å²) in [4.78, 5) is 8.51. The van der Waals surface area contributed by atoms with Gasteiger partial charge in [-0.05, 0) is 36.7 Å². The van der Waals surface area contributed by atoms with Gasteiger partial charge in [0.1, 0.15) is 6.33 Å². The third-order valence-corrected chi connectivity index (χ3v) is 3.28. The first-order valence-electron chi connectivity index (χ1n) is 6.39. The van der Waals surface area contributed by atoms with Gasteiger partial charge in [0, 0.05) is 0 Å². The number of para-hydroxylation sites is 1. The molecular weight excluding hydrogens is 268 g/mol. The number of nitrogens with zero attached hydrogens (tertiary/aromatic N) is 3. The lowest BCUT2D eigenvalue weighted by Gasteiger charge is -2.14. The van der Waals surface area contributed by atoms with Crippen LogP contribution >= 0.6 is 12.2 Å². The molecule has 1 heterocycles. The topological polar surface area (TPSA) is 42.7 Å². The minimum atomic E-state index is 0.378. The number of rotatable bonds is 4. The number of hydrogen-bond donors (Lipinski definition) is 1. The van der Waals surface area contributed by atoms with E-state index in [1.807, 2.05) is 10.6 Å². The van der Waals surface area contributed by atoms with Gasteiger partial charge in [-0.1, -0.05) is 31.0 Å². The normalized spacial score (nSPS) is 10.1. The van der Waals surface area contributed by atoms with Crippen molar-refractivity contribution in [3.05, 3.63) is 40.4 Å². The van der Waals surface area contributed by atoms with E-state index in [1.54, 1.807) is 6.33 Å². The highest BCUT2D eigenvalue weighted by atomic mass is 32.1. The molecule has 2 aromatic rings. The molecule has 0 aliphatic rings. The number of anilines is 1. The maximum absolute atomic E-state index is 5.36. The SMILES string of the molecule is C#CCNc1ncn(-c2c(C)cccc2CC)c(=S)n1. The second-order valence-electron chi connectivity index (χ2n) is 4.33. The fourth-order valence-corrected chi connectivity index (χ4v) is 2.28. The molecule has 0 aliphatic carbocycles. The summed E-state index contributed by atoms with van der Waals surface area (Å²) < 4.78 is 2.30. The molecule has 0 radical (unpaired) electrons. The molecule has 1 N–H and O–H groups in total. The van der Waals surface area contributed by atoms with Gasteiger partial charge in [0.05, 0.1) is 12.2 Å².